The van der Waals surface area contributed by atoms with E-state index in [1.807, 2.05) is 0 Å². The number of rotatable bonds is 4. The van der Waals surface area contributed by atoms with Crippen LogP contribution in [0.3, 0.4) is 0 Å². The Balaban J connectivity index is 1.94. The van der Waals surface area contributed by atoms with Gasteiger partial charge in [0.25, 0.3) is 0 Å². The molecule has 2 fully saturated rings. The third kappa shape index (κ3) is 4.05. The normalized spacial score (nSPS) is 34.2. The van der Waals surface area contributed by atoms with Crippen LogP contribution in [-0.4, -0.2) is 30.8 Å². The lowest BCUT2D eigenvalue weighted by molar-refractivity contribution is -0.120. The van der Waals surface area contributed by atoms with Crippen molar-refractivity contribution in [3.63, 3.8) is 0 Å². The van der Waals surface area contributed by atoms with Crippen molar-refractivity contribution in [2.75, 3.05) is 13.6 Å². The zero-order chi connectivity index (χ0) is 13.7. The first-order valence-corrected chi connectivity index (χ1v) is 8.32. The summed E-state index contributed by atoms with van der Waals surface area (Å²) in [4.78, 5) is 14.2. The molecule has 2 unspecified atom stereocenters. The number of carbonyl (C=O) groups excluding carboxylic acids is 1. The Morgan fingerprint density at radius 1 is 1.11 bits per heavy atom. The first-order valence-electron chi connectivity index (χ1n) is 8.32. The molecule has 0 aliphatic heterocycles. The molecule has 0 N–H and O–H groups in total. The van der Waals surface area contributed by atoms with Crippen LogP contribution < -0.4 is 0 Å². The molecule has 2 aliphatic carbocycles. The molecule has 0 aromatic rings. The first kappa shape index (κ1) is 15.0. The maximum absolute atomic E-state index is 11.7. The summed E-state index contributed by atoms with van der Waals surface area (Å²) < 4.78 is 0. The number of aldehydes is 1. The average Bonchev–Trinajstić information content (AvgIpc) is 2.67. The quantitative estimate of drug-likeness (QED) is 0.565. The summed E-state index contributed by atoms with van der Waals surface area (Å²) in [6.45, 7) is 3.30. The van der Waals surface area contributed by atoms with Crippen molar-refractivity contribution in [2.24, 2.45) is 11.3 Å². The summed E-state index contributed by atoms with van der Waals surface area (Å²) in [7, 11) is 2.25. The molecule has 0 aromatic heterocycles. The summed E-state index contributed by atoms with van der Waals surface area (Å²) >= 11 is 0. The third-order valence-corrected chi connectivity index (χ3v) is 5.39. The van der Waals surface area contributed by atoms with E-state index in [4.69, 9.17) is 0 Å². The zero-order valence-electron chi connectivity index (χ0n) is 12.9. The van der Waals surface area contributed by atoms with E-state index in [0.717, 1.165) is 31.3 Å². The van der Waals surface area contributed by atoms with Gasteiger partial charge in [0.1, 0.15) is 6.29 Å². The van der Waals surface area contributed by atoms with Gasteiger partial charge >= 0.3 is 0 Å². The standard InChI is InChI=1S/C17H31NO/c1-15-8-7-11-17(12-15,14-19)13-18(2)16-9-5-3-4-6-10-16/h14-16H,3-13H2,1-2H3. The summed E-state index contributed by atoms with van der Waals surface area (Å²) in [5.74, 6) is 0.724. The van der Waals surface area contributed by atoms with Crippen LogP contribution in [0.25, 0.3) is 0 Å². The van der Waals surface area contributed by atoms with Gasteiger partial charge in [-0.05, 0) is 38.6 Å². The SMILES string of the molecule is CC1CCCC(C=O)(CN(C)C2CCCCCC2)C1. The van der Waals surface area contributed by atoms with Gasteiger partial charge < -0.3 is 9.69 Å². The summed E-state index contributed by atoms with van der Waals surface area (Å²) in [6, 6.07) is 0.719. The van der Waals surface area contributed by atoms with Crippen molar-refractivity contribution < 1.29 is 4.79 Å². The fourth-order valence-electron chi connectivity index (χ4n) is 4.31. The van der Waals surface area contributed by atoms with Gasteiger partial charge in [-0.2, -0.15) is 0 Å². The summed E-state index contributed by atoms with van der Waals surface area (Å²) in [5.41, 5.74) is -0.0429. The number of carbonyl (C=O) groups is 1. The lowest BCUT2D eigenvalue weighted by atomic mass is 9.70. The van der Waals surface area contributed by atoms with Gasteiger partial charge in [0.15, 0.2) is 0 Å². The predicted molar refractivity (Wildman–Crippen MR) is 80.2 cm³/mol. The lowest BCUT2D eigenvalue weighted by Gasteiger charge is -2.40. The molecule has 2 aliphatic rings. The van der Waals surface area contributed by atoms with Gasteiger partial charge in [-0.3, -0.25) is 0 Å². The molecule has 2 nitrogen and oxygen atoms in total. The average molecular weight is 265 g/mol. The molecule has 110 valence electrons. The molecule has 2 heteroatoms. The number of hydrogen-bond acceptors (Lipinski definition) is 2. The molecule has 0 radical (unpaired) electrons. The monoisotopic (exact) mass is 265 g/mol. The van der Waals surface area contributed by atoms with Crippen LogP contribution in [0, 0.1) is 11.3 Å². The number of hydrogen-bond donors (Lipinski definition) is 0. The molecule has 19 heavy (non-hydrogen) atoms. The fourth-order valence-corrected chi connectivity index (χ4v) is 4.31. The minimum Gasteiger partial charge on any atom is -0.303 e. The van der Waals surface area contributed by atoms with E-state index in [9.17, 15) is 4.79 Å². The van der Waals surface area contributed by atoms with E-state index in [0.29, 0.717) is 0 Å². The Morgan fingerprint density at radius 3 is 2.37 bits per heavy atom. The summed E-state index contributed by atoms with van der Waals surface area (Å²) in [5, 5.41) is 0. The van der Waals surface area contributed by atoms with Crippen molar-refractivity contribution in [3.05, 3.63) is 0 Å². The smallest absolute Gasteiger partial charge is 0.127 e. The maximum atomic E-state index is 11.7. The predicted octanol–water partition coefficient (Wildman–Crippen LogP) is 4.04. The van der Waals surface area contributed by atoms with Gasteiger partial charge in [-0.25, -0.2) is 0 Å². The van der Waals surface area contributed by atoms with E-state index in [2.05, 4.69) is 18.9 Å². The first-order chi connectivity index (χ1) is 9.15. The Bertz CT molecular complexity index is 283. The molecule has 2 rings (SSSR count). The highest BCUT2D eigenvalue weighted by molar-refractivity contribution is 5.60. The molecule has 2 saturated carbocycles. The van der Waals surface area contributed by atoms with Gasteiger partial charge in [0.2, 0.25) is 0 Å². The van der Waals surface area contributed by atoms with Crippen LogP contribution in [-0.2, 0) is 4.79 Å². The molecule has 2 atom stereocenters. The Labute approximate surface area is 118 Å². The molecule has 0 amide bonds. The van der Waals surface area contributed by atoms with Crippen LogP contribution in [0.2, 0.25) is 0 Å². The highest BCUT2D eigenvalue weighted by Gasteiger charge is 2.36. The largest absolute Gasteiger partial charge is 0.303 e. The Kier molecular flexibility index (Phi) is 5.44. The van der Waals surface area contributed by atoms with Crippen LogP contribution in [0.4, 0.5) is 0 Å². The molecular formula is C17H31NO. The summed E-state index contributed by atoms with van der Waals surface area (Å²) in [6.07, 6.45) is 14.3. The molecule has 0 aromatic carbocycles. The highest BCUT2D eigenvalue weighted by atomic mass is 16.1. The molecule has 0 bridgehead atoms. The van der Waals surface area contributed by atoms with Gasteiger partial charge in [0.05, 0.1) is 0 Å². The highest BCUT2D eigenvalue weighted by Crippen LogP contribution is 2.39. The van der Waals surface area contributed by atoms with Crippen LogP contribution >= 0.6 is 0 Å². The van der Waals surface area contributed by atoms with Gasteiger partial charge in [0, 0.05) is 18.0 Å². The van der Waals surface area contributed by atoms with Crippen molar-refractivity contribution in [1.29, 1.82) is 0 Å². The minimum atomic E-state index is -0.0429. The van der Waals surface area contributed by atoms with Crippen molar-refractivity contribution in [2.45, 2.75) is 77.2 Å². The second-order valence-electron chi connectivity index (χ2n) is 7.24. The van der Waals surface area contributed by atoms with Crippen molar-refractivity contribution in [1.82, 2.24) is 4.90 Å². The second kappa shape index (κ2) is 6.88. The van der Waals surface area contributed by atoms with Crippen molar-refractivity contribution >= 4 is 6.29 Å². The lowest BCUT2D eigenvalue weighted by Crippen LogP contribution is -2.44. The minimum absolute atomic E-state index is 0.0429. The second-order valence-corrected chi connectivity index (χ2v) is 7.24. The van der Waals surface area contributed by atoms with Crippen molar-refractivity contribution in [3.8, 4) is 0 Å². The fraction of sp³-hybridized carbons (Fsp3) is 0.941. The van der Waals surface area contributed by atoms with Gasteiger partial charge in [-0.15, -0.1) is 0 Å². The van der Waals surface area contributed by atoms with Crippen LogP contribution in [0.5, 0.6) is 0 Å². The topological polar surface area (TPSA) is 20.3 Å². The molecule has 0 spiro atoms. The Morgan fingerprint density at radius 2 is 1.79 bits per heavy atom. The Hall–Kier alpha value is -0.370. The van der Waals surface area contributed by atoms with E-state index in [-0.39, 0.29) is 5.41 Å². The number of nitrogens with zero attached hydrogens (tertiary/aromatic N) is 1. The molecule has 0 heterocycles. The van der Waals surface area contributed by atoms with E-state index >= 15 is 0 Å². The molecule has 0 saturated heterocycles. The van der Waals surface area contributed by atoms with Crippen LogP contribution in [0.15, 0.2) is 0 Å². The van der Waals surface area contributed by atoms with Crippen LogP contribution in [0.1, 0.15) is 71.1 Å². The maximum Gasteiger partial charge on any atom is 0.127 e. The molecular weight excluding hydrogens is 234 g/mol. The van der Waals surface area contributed by atoms with E-state index < -0.39 is 0 Å². The third-order valence-electron chi connectivity index (χ3n) is 5.39. The zero-order valence-corrected chi connectivity index (χ0v) is 12.9. The van der Waals surface area contributed by atoms with E-state index in [1.54, 1.807) is 0 Å². The van der Waals surface area contributed by atoms with Gasteiger partial charge in [-0.1, -0.05) is 45.4 Å². The van der Waals surface area contributed by atoms with E-state index in [1.165, 1.54) is 57.7 Å².